The minimum Gasteiger partial charge on any atom is -0.354 e. The molecular formula is C16H21N3O2S. The number of nitrogens with zero attached hydrogens (tertiary/aromatic N) is 1. The molecule has 2 rings (SSSR count). The van der Waals surface area contributed by atoms with E-state index in [0.717, 1.165) is 22.5 Å². The molecule has 6 heteroatoms. The molecule has 22 heavy (non-hydrogen) atoms. The van der Waals surface area contributed by atoms with Crippen LogP contribution >= 0.6 is 0 Å². The molecule has 0 saturated carbocycles. The largest absolute Gasteiger partial charge is 0.354 e. The highest BCUT2D eigenvalue weighted by Crippen LogP contribution is 2.26. The molecule has 0 aliphatic rings. The molecule has 0 amide bonds. The van der Waals surface area contributed by atoms with Crippen LogP contribution in [0.3, 0.4) is 0 Å². The normalized spacial score (nSPS) is 11.3. The van der Waals surface area contributed by atoms with Crippen LogP contribution in [0.15, 0.2) is 30.5 Å². The smallest absolute Gasteiger partial charge is 0.233 e. The summed E-state index contributed by atoms with van der Waals surface area (Å²) in [7, 11) is -3.30. The molecule has 2 aromatic rings. The Labute approximate surface area is 131 Å². The van der Waals surface area contributed by atoms with Crippen molar-refractivity contribution in [3.05, 3.63) is 47.2 Å². The molecule has 1 heterocycles. The summed E-state index contributed by atoms with van der Waals surface area (Å²) in [6.45, 7) is 7.76. The van der Waals surface area contributed by atoms with E-state index in [1.165, 1.54) is 5.56 Å². The monoisotopic (exact) mass is 319 g/mol. The maximum absolute atomic E-state index is 11.5. The number of aromatic nitrogens is 1. The Balaban J connectivity index is 2.19. The lowest BCUT2D eigenvalue weighted by molar-refractivity contribution is 0.602. The van der Waals surface area contributed by atoms with Gasteiger partial charge in [0.1, 0.15) is 5.82 Å². The highest BCUT2D eigenvalue weighted by atomic mass is 32.2. The molecule has 0 fully saturated rings. The van der Waals surface area contributed by atoms with Gasteiger partial charge in [0, 0.05) is 5.69 Å². The lowest BCUT2D eigenvalue weighted by Gasteiger charge is -2.14. The highest BCUT2D eigenvalue weighted by molar-refractivity contribution is 7.92. The highest BCUT2D eigenvalue weighted by Gasteiger charge is 2.08. The number of hydrogen-bond donors (Lipinski definition) is 2. The molecule has 0 spiro atoms. The van der Waals surface area contributed by atoms with E-state index in [4.69, 9.17) is 0 Å². The fraction of sp³-hybridized carbons (Fsp3) is 0.312. The maximum atomic E-state index is 11.5. The number of benzene rings is 1. The van der Waals surface area contributed by atoms with Gasteiger partial charge in [-0.2, -0.15) is 0 Å². The quantitative estimate of drug-likeness (QED) is 0.884. The molecular weight excluding hydrogens is 298 g/mol. The number of sulfonamides is 1. The summed E-state index contributed by atoms with van der Waals surface area (Å²) in [5, 5.41) is 3.33. The fourth-order valence-corrected chi connectivity index (χ4v) is 2.86. The molecule has 1 aromatic heterocycles. The van der Waals surface area contributed by atoms with Gasteiger partial charge in [-0.05, 0) is 51.0 Å². The Kier molecular flexibility index (Phi) is 4.71. The van der Waals surface area contributed by atoms with Gasteiger partial charge in [0.2, 0.25) is 10.0 Å². The molecule has 0 aliphatic carbocycles. The summed E-state index contributed by atoms with van der Waals surface area (Å²) in [4.78, 5) is 4.13. The standard InChI is InChI=1S/C16H21N3O2S/c1-5-22(20,21)19-15-7-6-14(10-17-15)18-16-12(3)8-11(2)9-13(16)4/h6-10,18H,5H2,1-4H3,(H,17,19). The van der Waals surface area contributed by atoms with Crippen LogP contribution in [0.25, 0.3) is 0 Å². The van der Waals surface area contributed by atoms with Crippen LogP contribution in [0.4, 0.5) is 17.2 Å². The molecule has 2 N–H and O–H groups in total. The zero-order chi connectivity index (χ0) is 16.3. The Hall–Kier alpha value is -2.08. The molecule has 118 valence electrons. The molecule has 1 aromatic carbocycles. The predicted molar refractivity (Wildman–Crippen MR) is 91.3 cm³/mol. The molecule has 5 nitrogen and oxygen atoms in total. The summed E-state index contributed by atoms with van der Waals surface area (Å²) in [5.41, 5.74) is 5.41. The van der Waals surface area contributed by atoms with E-state index in [-0.39, 0.29) is 5.75 Å². The van der Waals surface area contributed by atoms with Crippen LogP contribution in [-0.2, 0) is 10.0 Å². The van der Waals surface area contributed by atoms with Gasteiger partial charge in [0.25, 0.3) is 0 Å². The van der Waals surface area contributed by atoms with Crippen molar-refractivity contribution in [1.29, 1.82) is 0 Å². The number of rotatable bonds is 5. The van der Waals surface area contributed by atoms with Crippen molar-refractivity contribution >= 4 is 27.2 Å². The van der Waals surface area contributed by atoms with Gasteiger partial charge in [-0.25, -0.2) is 13.4 Å². The van der Waals surface area contributed by atoms with Crippen molar-refractivity contribution in [1.82, 2.24) is 4.98 Å². The predicted octanol–water partition coefficient (Wildman–Crippen LogP) is 3.51. The van der Waals surface area contributed by atoms with Crippen LogP contribution in [0.2, 0.25) is 0 Å². The summed E-state index contributed by atoms with van der Waals surface area (Å²) in [6, 6.07) is 7.69. The summed E-state index contributed by atoms with van der Waals surface area (Å²) >= 11 is 0. The second-order valence-corrected chi connectivity index (χ2v) is 7.35. The van der Waals surface area contributed by atoms with Gasteiger partial charge in [0.15, 0.2) is 0 Å². The third-order valence-corrected chi connectivity index (χ3v) is 4.63. The lowest BCUT2D eigenvalue weighted by Crippen LogP contribution is -2.15. The average molecular weight is 319 g/mol. The first kappa shape index (κ1) is 16.3. The van der Waals surface area contributed by atoms with Crippen molar-refractivity contribution in [2.45, 2.75) is 27.7 Å². The molecule has 0 unspecified atom stereocenters. The first-order valence-electron chi connectivity index (χ1n) is 7.12. The summed E-state index contributed by atoms with van der Waals surface area (Å²) < 4.78 is 25.4. The number of aryl methyl sites for hydroxylation is 3. The topological polar surface area (TPSA) is 71.1 Å². The van der Waals surface area contributed by atoms with Gasteiger partial charge in [0.05, 0.1) is 17.6 Å². The fourth-order valence-electron chi connectivity index (χ4n) is 2.28. The molecule has 0 bridgehead atoms. The number of anilines is 3. The van der Waals surface area contributed by atoms with Gasteiger partial charge in [-0.3, -0.25) is 4.72 Å². The molecule has 0 radical (unpaired) electrons. The van der Waals surface area contributed by atoms with Crippen molar-refractivity contribution in [3.63, 3.8) is 0 Å². The van der Waals surface area contributed by atoms with Gasteiger partial charge >= 0.3 is 0 Å². The van der Waals surface area contributed by atoms with Crippen molar-refractivity contribution in [2.24, 2.45) is 0 Å². The molecule has 0 atom stereocenters. The van der Waals surface area contributed by atoms with E-state index in [0.29, 0.717) is 5.82 Å². The van der Waals surface area contributed by atoms with E-state index in [1.807, 2.05) is 0 Å². The third-order valence-electron chi connectivity index (χ3n) is 3.35. The first-order chi connectivity index (χ1) is 10.3. The van der Waals surface area contributed by atoms with Gasteiger partial charge in [-0.1, -0.05) is 17.7 Å². The lowest BCUT2D eigenvalue weighted by atomic mass is 10.1. The van der Waals surface area contributed by atoms with Crippen LogP contribution < -0.4 is 10.0 Å². The molecule has 0 aliphatic heterocycles. The van der Waals surface area contributed by atoms with Crippen LogP contribution in [0.1, 0.15) is 23.6 Å². The number of nitrogens with one attached hydrogen (secondary N) is 2. The van der Waals surface area contributed by atoms with Gasteiger partial charge in [-0.15, -0.1) is 0 Å². The number of hydrogen-bond acceptors (Lipinski definition) is 4. The second kappa shape index (κ2) is 6.36. The maximum Gasteiger partial charge on any atom is 0.233 e. The van der Waals surface area contributed by atoms with Crippen LogP contribution in [0, 0.1) is 20.8 Å². The van der Waals surface area contributed by atoms with Crippen molar-refractivity contribution in [2.75, 3.05) is 15.8 Å². The molecule has 0 saturated heterocycles. The van der Waals surface area contributed by atoms with E-state index < -0.39 is 10.0 Å². The third kappa shape index (κ3) is 3.98. The Bertz CT molecular complexity index is 745. The summed E-state index contributed by atoms with van der Waals surface area (Å²) in [5.74, 6) is 0.348. The average Bonchev–Trinajstić information content (AvgIpc) is 2.44. The zero-order valence-electron chi connectivity index (χ0n) is 13.3. The summed E-state index contributed by atoms with van der Waals surface area (Å²) in [6.07, 6.45) is 1.62. The Morgan fingerprint density at radius 1 is 1.09 bits per heavy atom. The SMILES string of the molecule is CCS(=O)(=O)Nc1ccc(Nc2c(C)cc(C)cc2C)cn1. The van der Waals surface area contributed by atoms with E-state index in [9.17, 15) is 8.42 Å². The van der Waals surface area contributed by atoms with E-state index in [1.54, 1.807) is 25.3 Å². The first-order valence-corrected chi connectivity index (χ1v) is 8.77. The van der Waals surface area contributed by atoms with Crippen molar-refractivity contribution in [3.8, 4) is 0 Å². The van der Waals surface area contributed by atoms with Gasteiger partial charge < -0.3 is 5.32 Å². The van der Waals surface area contributed by atoms with Crippen molar-refractivity contribution < 1.29 is 8.42 Å². The Morgan fingerprint density at radius 3 is 2.23 bits per heavy atom. The van der Waals surface area contributed by atoms with Crippen LogP contribution in [-0.4, -0.2) is 19.2 Å². The van der Waals surface area contributed by atoms with Crippen LogP contribution in [0.5, 0.6) is 0 Å². The number of pyridine rings is 1. The van der Waals surface area contributed by atoms with E-state index in [2.05, 4.69) is 47.9 Å². The Morgan fingerprint density at radius 2 is 1.73 bits per heavy atom. The second-order valence-electron chi connectivity index (χ2n) is 5.34. The van der Waals surface area contributed by atoms with E-state index >= 15 is 0 Å². The minimum atomic E-state index is -3.30. The minimum absolute atomic E-state index is 0.0242. The zero-order valence-corrected chi connectivity index (χ0v) is 14.1.